The summed E-state index contributed by atoms with van der Waals surface area (Å²) in [4.78, 5) is 27.1. The molecule has 5 heteroatoms. The van der Waals surface area contributed by atoms with Crippen molar-refractivity contribution in [2.75, 3.05) is 13.1 Å². The molecular formula is C21H27N3O2. The normalized spacial score (nSPS) is 17.3. The van der Waals surface area contributed by atoms with Crippen LogP contribution >= 0.6 is 0 Å². The van der Waals surface area contributed by atoms with Crippen LogP contribution in [0.3, 0.4) is 0 Å². The van der Waals surface area contributed by atoms with Crippen molar-refractivity contribution in [2.24, 2.45) is 5.92 Å². The van der Waals surface area contributed by atoms with E-state index in [1.807, 2.05) is 49.1 Å². The number of nitrogens with one attached hydrogen (secondary N) is 1. The van der Waals surface area contributed by atoms with Gasteiger partial charge in [-0.05, 0) is 37.8 Å². The van der Waals surface area contributed by atoms with Crippen molar-refractivity contribution in [3.63, 3.8) is 0 Å². The first-order chi connectivity index (χ1) is 12.5. The molecule has 1 amide bonds. The summed E-state index contributed by atoms with van der Waals surface area (Å²) >= 11 is 0. The van der Waals surface area contributed by atoms with Gasteiger partial charge >= 0.3 is 0 Å². The van der Waals surface area contributed by atoms with Crippen molar-refractivity contribution in [3.05, 3.63) is 52.8 Å². The first-order valence-corrected chi connectivity index (χ1v) is 9.39. The molecule has 3 rings (SSSR count). The molecule has 1 aliphatic rings. The number of carbonyl (C=O) groups is 2. The van der Waals surface area contributed by atoms with Crippen LogP contribution in [-0.2, 0) is 22.4 Å². The minimum absolute atomic E-state index is 0.0396. The average molecular weight is 353 g/mol. The standard InChI is InChI=1S/C21H27N3O2/c1-15-16(2)22-23-19(15)10-11-21(26)24-12-6-9-18(14-24)20(25)13-17-7-4-3-5-8-17/h3-5,7-8,18H,6,9-14H2,1-2H3,(H,22,23)/t18-/m0/s1. The summed E-state index contributed by atoms with van der Waals surface area (Å²) in [5.74, 6) is 0.331. The van der Waals surface area contributed by atoms with Gasteiger partial charge in [-0.3, -0.25) is 14.7 Å². The third-order valence-corrected chi connectivity index (χ3v) is 5.38. The highest BCUT2D eigenvalue weighted by Gasteiger charge is 2.28. The highest BCUT2D eigenvalue weighted by atomic mass is 16.2. The van der Waals surface area contributed by atoms with E-state index < -0.39 is 0 Å². The van der Waals surface area contributed by atoms with Gasteiger partial charge in [0.15, 0.2) is 0 Å². The van der Waals surface area contributed by atoms with Crippen molar-refractivity contribution < 1.29 is 9.59 Å². The molecule has 1 N–H and O–H groups in total. The van der Waals surface area contributed by atoms with Crippen molar-refractivity contribution in [1.82, 2.24) is 15.1 Å². The van der Waals surface area contributed by atoms with Crippen LogP contribution in [0.4, 0.5) is 0 Å². The van der Waals surface area contributed by atoms with E-state index in [1.165, 1.54) is 0 Å². The second-order valence-electron chi connectivity index (χ2n) is 7.23. The summed E-state index contributed by atoms with van der Waals surface area (Å²) in [6.07, 6.45) is 3.34. The summed E-state index contributed by atoms with van der Waals surface area (Å²) in [6, 6.07) is 9.84. The number of nitrogens with zero attached hydrogens (tertiary/aromatic N) is 2. The molecule has 5 nitrogen and oxygen atoms in total. The lowest BCUT2D eigenvalue weighted by Crippen LogP contribution is -2.42. The molecule has 0 aliphatic carbocycles. The van der Waals surface area contributed by atoms with Gasteiger partial charge in [0.25, 0.3) is 0 Å². The Morgan fingerprint density at radius 1 is 1.23 bits per heavy atom. The Kier molecular flexibility index (Phi) is 5.86. The molecule has 138 valence electrons. The Labute approximate surface area is 154 Å². The van der Waals surface area contributed by atoms with Crippen LogP contribution in [0.2, 0.25) is 0 Å². The number of Topliss-reactive ketones (excluding diaryl/α,β-unsaturated/α-hetero) is 1. The van der Waals surface area contributed by atoms with Crippen LogP contribution < -0.4 is 0 Å². The monoisotopic (exact) mass is 353 g/mol. The lowest BCUT2D eigenvalue weighted by atomic mass is 9.90. The van der Waals surface area contributed by atoms with Crippen LogP contribution in [0.5, 0.6) is 0 Å². The van der Waals surface area contributed by atoms with E-state index >= 15 is 0 Å². The van der Waals surface area contributed by atoms with Crippen LogP contribution in [0.1, 0.15) is 41.8 Å². The summed E-state index contributed by atoms with van der Waals surface area (Å²) in [6.45, 7) is 5.33. The van der Waals surface area contributed by atoms with Gasteiger partial charge in [0, 0.05) is 44.0 Å². The van der Waals surface area contributed by atoms with E-state index in [4.69, 9.17) is 0 Å². The SMILES string of the molecule is Cc1[nH]nc(CCC(=O)N2CCC[C@H](C(=O)Cc3ccccc3)C2)c1C. The first-order valence-electron chi connectivity index (χ1n) is 9.39. The van der Waals surface area contributed by atoms with E-state index in [-0.39, 0.29) is 17.6 Å². The molecule has 1 aromatic carbocycles. The van der Waals surface area contributed by atoms with Crippen LogP contribution in [0.15, 0.2) is 30.3 Å². The van der Waals surface area contributed by atoms with Gasteiger partial charge in [-0.2, -0.15) is 5.10 Å². The molecule has 1 atom stereocenters. The van der Waals surface area contributed by atoms with Crippen molar-refractivity contribution >= 4 is 11.7 Å². The zero-order valence-electron chi connectivity index (χ0n) is 15.6. The molecule has 26 heavy (non-hydrogen) atoms. The second-order valence-corrected chi connectivity index (χ2v) is 7.23. The molecule has 0 bridgehead atoms. The van der Waals surface area contributed by atoms with E-state index in [0.717, 1.165) is 41.9 Å². The van der Waals surface area contributed by atoms with Crippen LogP contribution in [0, 0.1) is 19.8 Å². The van der Waals surface area contributed by atoms with Crippen molar-refractivity contribution in [1.29, 1.82) is 0 Å². The zero-order valence-corrected chi connectivity index (χ0v) is 15.6. The number of aryl methyl sites for hydroxylation is 2. The maximum atomic E-state index is 12.6. The van der Waals surface area contributed by atoms with Gasteiger partial charge in [-0.15, -0.1) is 0 Å². The second kappa shape index (κ2) is 8.30. The summed E-state index contributed by atoms with van der Waals surface area (Å²) in [5.41, 5.74) is 4.19. The van der Waals surface area contributed by atoms with Gasteiger partial charge in [0.2, 0.25) is 5.91 Å². The third-order valence-electron chi connectivity index (χ3n) is 5.38. The number of ketones is 1. The maximum absolute atomic E-state index is 12.6. The average Bonchev–Trinajstić information content (AvgIpc) is 2.99. The van der Waals surface area contributed by atoms with Gasteiger partial charge in [-0.25, -0.2) is 0 Å². The molecule has 0 unspecified atom stereocenters. The molecule has 1 fully saturated rings. The largest absolute Gasteiger partial charge is 0.342 e. The highest BCUT2D eigenvalue weighted by molar-refractivity contribution is 5.84. The predicted molar refractivity (Wildman–Crippen MR) is 101 cm³/mol. The topological polar surface area (TPSA) is 66.1 Å². The lowest BCUT2D eigenvalue weighted by molar-refractivity contribution is -0.135. The maximum Gasteiger partial charge on any atom is 0.222 e. The molecule has 0 radical (unpaired) electrons. The smallest absolute Gasteiger partial charge is 0.222 e. The quantitative estimate of drug-likeness (QED) is 0.868. The number of benzene rings is 1. The first kappa shape index (κ1) is 18.4. The van der Waals surface area contributed by atoms with E-state index in [9.17, 15) is 9.59 Å². The Morgan fingerprint density at radius 2 is 2.00 bits per heavy atom. The fraction of sp³-hybridized carbons (Fsp3) is 0.476. The molecular weight excluding hydrogens is 326 g/mol. The number of aromatic nitrogens is 2. The van der Waals surface area contributed by atoms with E-state index in [2.05, 4.69) is 10.2 Å². The molecule has 2 heterocycles. The van der Waals surface area contributed by atoms with Crippen LogP contribution in [0.25, 0.3) is 0 Å². The summed E-state index contributed by atoms with van der Waals surface area (Å²) in [7, 11) is 0. The number of carbonyl (C=O) groups excluding carboxylic acids is 2. The van der Waals surface area contributed by atoms with Gasteiger partial charge in [-0.1, -0.05) is 30.3 Å². The number of aromatic amines is 1. The Bertz CT molecular complexity index is 767. The summed E-state index contributed by atoms with van der Waals surface area (Å²) in [5, 5.41) is 7.24. The third kappa shape index (κ3) is 4.40. The Balaban J connectivity index is 1.53. The molecule has 1 aromatic heterocycles. The summed E-state index contributed by atoms with van der Waals surface area (Å²) < 4.78 is 0. The van der Waals surface area contributed by atoms with Crippen molar-refractivity contribution in [3.8, 4) is 0 Å². The fourth-order valence-corrected chi connectivity index (χ4v) is 3.57. The fourth-order valence-electron chi connectivity index (χ4n) is 3.57. The number of amides is 1. The number of likely N-dealkylation sites (tertiary alicyclic amines) is 1. The van der Waals surface area contributed by atoms with Crippen LogP contribution in [-0.4, -0.2) is 39.9 Å². The molecule has 0 saturated carbocycles. The minimum atomic E-state index is -0.0396. The highest BCUT2D eigenvalue weighted by Crippen LogP contribution is 2.20. The number of hydrogen-bond donors (Lipinski definition) is 1. The van der Waals surface area contributed by atoms with E-state index in [1.54, 1.807) is 0 Å². The Morgan fingerprint density at radius 3 is 2.69 bits per heavy atom. The molecule has 1 saturated heterocycles. The lowest BCUT2D eigenvalue weighted by Gasteiger charge is -2.32. The number of piperidine rings is 1. The number of H-pyrrole nitrogens is 1. The number of hydrogen-bond acceptors (Lipinski definition) is 3. The van der Waals surface area contributed by atoms with Gasteiger partial charge in [0.1, 0.15) is 5.78 Å². The molecule has 1 aliphatic heterocycles. The predicted octanol–water partition coefficient (Wildman–Crippen LogP) is 3.01. The minimum Gasteiger partial charge on any atom is -0.342 e. The van der Waals surface area contributed by atoms with E-state index in [0.29, 0.717) is 25.8 Å². The van der Waals surface area contributed by atoms with Crippen molar-refractivity contribution in [2.45, 2.75) is 46.0 Å². The van der Waals surface area contributed by atoms with Gasteiger partial charge < -0.3 is 4.90 Å². The molecule has 0 spiro atoms. The van der Waals surface area contributed by atoms with Gasteiger partial charge in [0.05, 0.1) is 5.69 Å². The number of rotatable bonds is 6. The Hall–Kier alpha value is -2.43. The molecule has 2 aromatic rings. The zero-order chi connectivity index (χ0) is 18.5.